The predicted octanol–water partition coefficient (Wildman–Crippen LogP) is 7.50. The van der Waals surface area contributed by atoms with Crippen molar-refractivity contribution in [2.45, 2.75) is 96.0 Å². The van der Waals surface area contributed by atoms with Crippen LogP contribution in [0.2, 0.25) is 0 Å². The van der Waals surface area contributed by atoms with E-state index in [2.05, 4.69) is 12.2 Å². The number of rotatable bonds is 7. The number of ether oxygens (including phenoxy) is 1. The van der Waals surface area contributed by atoms with Crippen molar-refractivity contribution in [2.24, 2.45) is 11.8 Å². The number of carboxylic acid groups (broad SMARTS) is 1. The van der Waals surface area contributed by atoms with Gasteiger partial charge < -0.3 is 15.2 Å². The van der Waals surface area contributed by atoms with Crippen LogP contribution in [-0.2, 0) is 11.0 Å². The van der Waals surface area contributed by atoms with Crippen LogP contribution in [-0.4, -0.2) is 23.2 Å². The fourth-order valence-electron chi connectivity index (χ4n) is 5.77. The van der Waals surface area contributed by atoms with Crippen LogP contribution in [0.1, 0.15) is 88.8 Å². The Morgan fingerprint density at radius 1 is 1.06 bits per heavy atom. The lowest BCUT2D eigenvalue weighted by Gasteiger charge is -2.30. The van der Waals surface area contributed by atoms with Crippen LogP contribution in [0.4, 0.5) is 13.2 Å². The molecule has 0 bridgehead atoms. The Kier molecular flexibility index (Phi) is 7.94. The third-order valence-electron chi connectivity index (χ3n) is 8.02. The lowest BCUT2D eigenvalue weighted by atomic mass is 9.85. The van der Waals surface area contributed by atoms with E-state index >= 15 is 0 Å². The monoisotopic (exact) mass is 491 g/mol. The van der Waals surface area contributed by atoms with E-state index in [1.54, 1.807) is 18.2 Å². The van der Waals surface area contributed by atoms with Crippen molar-refractivity contribution in [3.63, 3.8) is 0 Å². The summed E-state index contributed by atoms with van der Waals surface area (Å²) in [6.07, 6.45) is 2.72. The van der Waals surface area contributed by atoms with Gasteiger partial charge in [-0.15, -0.1) is 0 Å². The summed E-state index contributed by atoms with van der Waals surface area (Å²) in [7, 11) is 0. The molecule has 0 aliphatic heterocycles. The molecule has 0 amide bonds. The van der Waals surface area contributed by atoms with Crippen molar-refractivity contribution < 1.29 is 27.8 Å². The Hall–Kier alpha value is -2.28. The standard InChI is InChI=1S/C28H36F3NO3/c1-3-18-4-13-23(14-5-18)35-25-15-10-19-6-7-21(16-24(19)26(25)28(29,30)31)17(2)32-22-11-8-20(9-12-22)27(33)34/h6-7,10,15-18,20,22-23,32H,3-5,8-9,11-14H2,1-2H3,(H,33,34)/t17-,18-,20-,22+,23+/m0/s1. The predicted molar refractivity (Wildman–Crippen MR) is 131 cm³/mol. The second-order valence-corrected chi connectivity index (χ2v) is 10.4. The average Bonchev–Trinajstić information content (AvgIpc) is 2.83. The first-order valence-electron chi connectivity index (χ1n) is 12.9. The second kappa shape index (κ2) is 10.8. The molecule has 7 heteroatoms. The van der Waals surface area contributed by atoms with E-state index in [1.165, 1.54) is 6.07 Å². The van der Waals surface area contributed by atoms with Gasteiger partial charge in [0.15, 0.2) is 0 Å². The van der Waals surface area contributed by atoms with Gasteiger partial charge in [0.05, 0.1) is 12.0 Å². The Bertz CT molecular complexity index is 1020. The molecule has 2 aliphatic carbocycles. The molecule has 2 aliphatic rings. The quantitative estimate of drug-likeness (QED) is 0.421. The van der Waals surface area contributed by atoms with Gasteiger partial charge in [0.2, 0.25) is 0 Å². The topological polar surface area (TPSA) is 58.6 Å². The molecule has 0 unspecified atom stereocenters. The number of alkyl halides is 3. The number of carbonyl (C=O) groups is 1. The average molecular weight is 492 g/mol. The van der Waals surface area contributed by atoms with E-state index in [-0.39, 0.29) is 35.2 Å². The van der Waals surface area contributed by atoms with E-state index in [0.29, 0.717) is 24.1 Å². The van der Waals surface area contributed by atoms with Gasteiger partial charge in [-0.25, -0.2) is 0 Å². The van der Waals surface area contributed by atoms with Crippen LogP contribution >= 0.6 is 0 Å². The van der Waals surface area contributed by atoms with Crippen LogP contribution in [0, 0.1) is 11.8 Å². The van der Waals surface area contributed by atoms with Crippen molar-refractivity contribution in [1.82, 2.24) is 5.32 Å². The molecule has 2 aromatic carbocycles. The fraction of sp³-hybridized carbons (Fsp3) is 0.607. The van der Waals surface area contributed by atoms with E-state index in [4.69, 9.17) is 4.74 Å². The van der Waals surface area contributed by atoms with E-state index in [0.717, 1.165) is 50.5 Å². The Morgan fingerprint density at radius 3 is 2.31 bits per heavy atom. The molecule has 0 aromatic heterocycles. The Labute approximate surface area is 205 Å². The first kappa shape index (κ1) is 25.8. The SMILES string of the molecule is CC[C@H]1CC[C@@H](Oc2ccc3ccc([C@H](C)N[C@H]4CC[C@@H](C(=O)O)CC4)cc3c2C(F)(F)F)CC1. The number of aliphatic carboxylic acids is 1. The number of fused-ring (bicyclic) bond motifs is 1. The van der Waals surface area contributed by atoms with Crippen LogP contribution in [0.25, 0.3) is 10.8 Å². The van der Waals surface area contributed by atoms with Crippen LogP contribution in [0.15, 0.2) is 30.3 Å². The maximum Gasteiger partial charge on any atom is 0.420 e. The van der Waals surface area contributed by atoms with Gasteiger partial charge in [-0.05, 0) is 92.7 Å². The zero-order valence-corrected chi connectivity index (χ0v) is 20.5. The van der Waals surface area contributed by atoms with Gasteiger partial charge in [0.25, 0.3) is 0 Å². The van der Waals surface area contributed by atoms with E-state index in [9.17, 15) is 23.1 Å². The molecule has 4 nitrogen and oxygen atoms in total. The highest BCUT2D eigenvalue weighted by atomic mass is 19.4. The molecule has 2 N–H and O–H groups in total. The van der Waals surface area contributed by atoms with Gasteiger partial charge in [-0.1, -0.05) is 31.5 Å². The van der Waals surface area contributed by atoms with Crippen molar-refractivity contribution in [3.05, 3.63) is 41.5 Å². The summed E-state index contributed by atoms with van der Waals surface area (Å²) in [5.74, 6) is -0.477. The molecule has 0 heterocycles. The van der Waals surface area contributed by atoms with E-state index < -0.39 is 17.7 Å². The van der Waals surface area contributed by atoms with Crippen LogP contribution in [0.5, 0.6) is 5.75 Å². The minimum Gasteiger partial charge on any atom is -0.490 e. The molecule has 35 heavy (non-hydrogen) atoms. The molecule has 0 radical (unpaired) electrons. The highest BCUT2D eigenvalue weighted by molar-refractivity contribution is 5.89. The molecule has 0 spiro atoms. The summed E-state index contributed by atoms with van der Waals surface area (Å²) < 4.78 is 48.9. The maximum absolute atomic E-state index is 14.3. The number of nitrogens with one attached hydrogen (secondary N) is 1. The highest BCUT2D eigenvalue weighted by Gasteiger charge is 2.37. The summed E-state index contributed by atoms with van der Waals surface area (Å²) >= 11 is 0. The molecular weight excluding hydrogens is 455 g/mol. The van der Waals surface area contributed by atoms with Gasteiger partial charge in [0, 0.05) is 12.1 Å². The molecule has 192 valence electrons. The second-order valence-electron chi connectivity index (χ2n) is 10.4. The zero-order valence-electron chi connectivity index (χ0n) is 20.5. The summed E-state index contributed by atoms with van der Waals surface area (Å²) in [6, 6.07) is 8.45. The lowest BCUT2D eigenvalue weighted by Crippen LogP contribution is -2.36. The van der Waals surface area contributed by atoms with Crippen molar-refractivity contribution >= 4 is 16.7 Å². The minimum absolute atomic E-state index is 0.0743. The number of hydrogen-bond donors (Lipinski definition) is 2. The molecule has 2 saturated carbocycles. The van der Waals surface area contributed by atoms with Crippen molar-refractivity contribution in [1.29, 1.82) is 0 Å². The molecule has 1 atom stereocenters. The molecule has 2 fully saturated rings. The Morgan fingerprint density at radius 2 is 1.71 bits per heavy atom. The summed E-state index contributed by atoms with van der Waals surface area (Å²) in [5.41, 5.74) is 0.0904. The third-order valence-corrected chi connectivity index (χ3v) is 8.02. The summed E-state index contributed by atoms with van der Waals surface area (Å²) in [4.78, 5) is 11.2. The highest BCUT2D eigenvalue weighted by Crippen LogP contribution is 2.43. The number of halogens is 3. The first-order valence-corrected chi connectivity index (χ1v) is 12.9. The molecule has 4 rings (SSSR count). The summed E-state index contributed by atoms with van der Waals surface area (Å²) in [5, 5.41) is 13.4. The third kappa shape index (κ3) is 6.11. The van der Waals surface area contributed by atoms with Crippen LogP contribution < -0.4 is 10.1 Å². The lowest BCUT2D eigenvalue weighted by molar-refractivity contribution is -0.143. The number of benzene rings is 2. The molecule has 0 saturated heterocycles. The van der Waals surface area contributed by atoms with Crippen molar-refractivity contribution in [2.75, 3.05) is 0 Å². The first-order chi connectivity index (χ1) is 16.7. The zero-order chi connectivity index (χ0) is 25.2. The van der Waals surface area contributed by atoms with Gasteiger partial charge in [-0.3, -0.25) is 4.79 Å². The Balaban J connectivity index is 1.55. The number of hydrogen-bond acceptors (Lipinski definition) is 3. The number of carboxylic acids is 1. The van der Waals surface area contributed by atoms with E-state index in [1.807, 2.05) is 13.0 Å². The van der Waals surface area contributed by atoms with Gasteiger partial charge >= 0.3 is 12.1 Å². The van der Waals surface area contributed by atoms with Gasteiger partial charge in [-0.2, -0.15) is 13.2 Å². The maximum atomic E-state index is 14.3. The largest absolute Gasteiger partial charge is 0.490 e. The van der Waals surface area contributed by atoms with Gasteiger partial charge in [0.1, 0.15) is 11.3 Å². The molecule has 2 aromatic rings. The van der Waals surface area contributed by atoms with Crippen molar-refractivity contribution in [3.8, 4) is 5.75 Å². The smallest absolute Gasteiger partial charge is 0.420 e. The molecular formula is C28H36F3NO3. The fourth-order valence-corrected chi connectivity index (χ4v) is 5.77. The summed E-state index contributed by atoms with van der Waals surface area (Å²) in [6.45, 7) is 4.11. The minimum atomic E-state index is -4.53. The van der Waals surface area contributed by atoms with Crippen LogP contribution in [0.3, 0.4) is 0 Å². The normalized spacial score (nSPS) is 26.4.